The molecule has 0 spiro atoms. The van der Waals surface area contributed by atoms with Gasteiger partial charge in [0.15, 0.2) is 0 Å². The number of aliphatic hydroxyl groups excluding tert-OH is 1. The Labute approximate surface area is 128 Å². The highest BCUT2D eigenvalue weighted by Gasteiger charge is 2.32. The summed E-state index contributed by atoms with van der Waals surface area (Å²) in [6.45, 7) is 7.54. The average molecular weight is 286 g/mol. The SMILES string of the molecule is CC1CC(OCc2cccc(C#CCO)c2)CC(C)(C)C1. The quantitative estimate of drug-likeness (QED) is 0.857. The van der Waals surface area contributed by atoms with E-state index in [0.717, 1.165) is 29.9 Å². The predicted octanol–water partition coefficient (Wildman–Crippen LogP) is 3.76. The second-order valence-corrected chi connectivity index (χ2v) is 7.01. The van der Waals surface area contributed by atoms with Gasteiger partial charge in [0, 0.05) is 5.56 Å². The van der Waals surface area contributed by atoms with E-state index in [2.05, 4.69) is 38.7 Å². The molecule has 0 heterocycles. The maximum atomic E-state index is 8.75. The highest BCUT2D eigenvalue weighted by molar-refractivity contribution is 5.36. The van der Waals surface area contributed by atoms with E-state index in [0.29, 0.717) is 18.1 Å². The van der Waals surface area contributed by atoms with E-state index in [4.69, 9.17) is 9.84 Å². The normalized spacial score (nSPS) is 24.2. The maximum Gasteiger partial charge on any atom is 0.104 e. The van der Waals surface area contributed by atoms with Crippen LogP contribution in [0.3, 0.4) is 0 Å². The molecule has 0 radical (unpaired) electrons. The number of hydrogen-bond acceptors (Lipinski definition) is 2. The zero-order valence-electron chi connectivity index (χ0n) is 13.4. The molecular formula is C19H26O2. The molecule has 1 aliphatic carbocycles. The molecule has 1 fully saturated rings. The van der Waals surface area contributed by atoms with Gasteiger partial charge in [-0.15, -0.1) is 0 Å². The van der Waals surface area contributed by atoms with E-state index in [1.165, 1.54) is 6.42 Å². The Morgan fingerprint density at radius 3 is 2.86 bits per heavy atom. The number of rotatable bonds is 3. The van der Waals surface area contributed by atoms with Gasteiger partial charge in [-0.2, -0.15) is 0 Å². The summed E-state index contributed by atoms with van der Waals surface area (Å²) >= 11 is 0. The van der Waals surface area contributed by atoms with Crippen molar-refractivity contribution in [3.05, 3.63) is 35.4 Å². The van der Waals surface area contributed by atoms with Crippen LogP contribution >= 0.6 is 0 Å². The topological polar surface area (TPSA) is 29.5 Å². The first-order valence-corrected chi connectivity index (χ1v) is 7.79. The summed E-state index contributed by atoms with van der Waals surface area (Å²) in [5, 5.41) is 8.75. The van der Waals surface area contributed by atoms with Crippen molar-refractivity contribution in [1.82, 2.24) is 0 Å². The Morgan fingerprint density at radius 1 is 1.33 bits per heavy atom. The summed E-state index contributed by atoms with van der Waals surface area (Å²) in [6.07, 6.45) is 3.95. The molecule has 1 N–H and O–H groups in total. The minimum atomic E-state index is -0.101. The molecule has 2 nitrogen and oxygen atoms in total. The van der Waals surface area contributed by atoms with Crippen LogP contribution in [-0.4, -0.2) is 17.8 Å². The van der Waals surface area contributed by atoms with Crippen molar-refractivity contribution in [2.75, 3.05) is 6.61 Å². The molecule has 2 atom stereocenters. The van der Waals surface area contributed by atoms with Gasteiger partial charge >= 0.3 is 0 Å². The molecule has 1 aromatic carbocycles. The Bertz CT molecular complexity index is 522. The van der Waals surface area contributed by atoms with Gasteiger partial charge in [0.05, 0.1) is 12.7 Å². The van der Waals surface area contributed by atoms with E-state index in [-0.39, 0.29) is 6.61 Å². The maximum absolute atomic E-state index is 8.75. The number of hydrogen-bond donors (Lipinski definition) is 1. The zero-order valence-corrected chi connectivity index (χ0v) is 13.4. The van der Waals surface area contributed by atoms with Crippen LogP contribution in [0.15, 0.2) is 24.3 Å². The Morgan fingerprint density at radius 2 is 2.14 bits per heavy atom. The minimum Gasteiger partial charge on any atom is -0.384 e. The minimum absolute atomic E-state index is 0.101. The van der Waals surface area contributed by atoms with Gasteiger partial charge < -0.3 is 9.84 Å². The molecule has 1 saturated carbocycles. The summed E-state index contributed by atoms with van der Waals surface area (Å²) < 4.78 is 6.14. The molecule has 0 aromatic heterocycles. The van der Waals surface area contributed by atoms with Crippen molar-refractivity contribution < 1.29 is 9.84 Å². The van der Waals surface area contributed by atoms with Crippen LogP contribution in [0.4, 0.5) is 0 Å². The van der Waals surface area contributed by atoms with Crippen LogP contribution in [0.5, 0.6) is 0 Å². The van der Waals surface area contributed by atoms with Gasteiger partial charge in [-0.1, -0.05) is 44.7 Å². The second-order valence-electron chi connectivity index (χ2n) is 7.01. The highest BCUT2D eigenvalue weighted by Crippen LogP contribution is 2.39. The lowest BCUT2D eigenvalue weighted by atomic mass is 9.71. The summed E-state index contributed by atoms with van der Waals surface area (Å²) in [4.78, 5) is 0. The molecule has 2 heteroatoms. The lowest BCUT2D eigenvalue weighted by molar-refractivity contribution is -0.0316. The van der Waals surface area contributed by atoms with Crippen LogP contribution in [0, 0.1) is 23.2 Å². The number of aliphatic hydroxyl groups is 1. The van der Waals surface area contributed by atoms with Crippen LogP contribution < -0.4 is 0 Å². The molecule has 0 amide bonds. The first-order valence-electron chi connectivity index (χ1n) is 7.79. The van der Waals surface area contributed by atoms with Crippen LogP contribution in [0.1, 0.15) is 51.2 Å². The van der Waals surface area contributed by atoms with E-state index < -0.39 is 0 Å². The van der Waals surface area contributed by atoms with E-state index in [1.807, 2.05) is 18.2 Å². The van der Waals surface area contributed by atoms with Crippen LogP contribution in [0.2, 0.25) is 0 Å². The standard InChI is InChI=1S/C19H26O2/c1-15-10-18(13-19(2,3)12-15)21-14-17-7-4-6-16(11-17)8-5-9-20/h4,6-7,11,15,18,20H,9-10,12-14H2,1-3H3. The second kappa shape index (κ2) is 7.11. The fourth-order valence-corrected chi connectivity index (χ4v) is 3.48. The third-order valence-corrected chi connectivity index (χ3v) is 4.07. The van der Waals surface area contributed by atoms with Gasteiger partial charge in [-0.25, -0.2) is 0 Å². The van der Waals surface area contributed by atoms with Gasteiger partial charge in [0.25, 0.3) is 0 Å². The molecule has 1 aromatic rings. The first kappa shape index (κ1) is 16.1. The summed E-state index contributed by atoms with van der Waals surface area (Å²) in [6, 6.07) is 8.06. The van der Waals surface area contributed by atoms with Crippen molar-refractivity contribution >= 4 is 0 Å². The number of ether oxygens (including phenoxy) is 1. The molecule has 1 aliphatic rings. The van der Waals surface area contributed by atoms with Crippen molar-refractivity contribution in [3.8, 4) is 11.8 Å². The monoisotopic (exact) mass is 286 g/mol. The Hall–Kier alpha value is -1.30. The van der Waals surface area contributed by atoms with Crippen molar-refractivity contribution in [3.63, 3.8) is 0 Å². The van der Waals surface area contributed by atoms with Gasteiger partial charge in [-0.05, 0) is 48.3 Å². The summed E-state index contributed by atoms with van der Waals surface area (Å²) in [7, 11) is 0. The van der Waals surface area contributed by atoms with Gasteiger partial charge in [0.1, 0.15) is 6.61 Å². The zero-order chi connectivity index (χ0) is 15.3. The fraction of sp³-hybridized carbons (Fsp3) is 0.579. The lowest BCUT2D eigenvalue weighted by Gasteiger charge is -2.38. The van der Waals surface area contributed by atoms with Crippen LogP contribution in [-0.2, 0) is 11.3 Å². The third kappa shape index (κ3) is 5.19. The lowest BCUT2D eigenvalue weighted by Crippen LogP contribution is -2.32. The van der Waals surface area contributed by atoms with Gasteiger partial charge in [-0.3, -0.25) is 0 Å². The van der Waals surface area contributed by atoms with Crippen molar-refractivity contribution in [1.29, 1.82) is 0 Å². The molecule has 0 aliphatic heterocycles. The first-order chi connectivity index (χ1) is 9.98. The average Bonchev–Trinajstić information content (AvgIpc) is 2.41. The molecule has 2 rings (SSSR count). The molecular weight excluding hydrogens is 260 g/mol. The fourth-order valence-electron chi connectivity index (χ4n) is 3.48. The van der Waals surface area contributed by atoms with Crippen LogP contribution in [0.25, 0.3) is 0 Å². The smallest absolute Gasteiger partial charge is 0.104 e. The molecule has 114 valence electrons. The molecule has 2 unspecified atom stereocenters. The number of benzene rings is 1. The Balaban J connectivity index is 1.93. The third-order valence-electron chi connectivity index (χ3n) is 4.07. The highest BCUT2D eigenvalue weighted by atomic mass is 16.5. The summed E-state index contributed by atoms with van der Waals surface area (Å²) in [5.74, 6) is 6.35. The van der Waals surface area contributed by atoms with Crippen molar-refractivity contribution in [2.24, 2.45) is 11.3 Å². The summed E-state index contributed by atoms with van der Waals surface area (Å²) in [5.41, 5.74) is 2.47. The largest absolute Gasteiger partial charge is 0.384 e. The van der Waals surface area contributed by atoms with Gasteiger partial charge in [0.2, 0.25) is 0 Å². The predicted molar refractivity (Wildman–Crippen MR) is 85.8 cm³/mol. The van der Waals surface area contributed by atoms with Crippen molar-refractivity contribution in [2.45, 2.75) is 52.7 Å². The molecule has 21 heavy (non-hydrogen) atoms. The molecule has 0 saturated heterocycles. The Kier molecular flexibility index (Phi) is 5.45. The van der Waals surface area contributed by atoms with E-state index in [1.54, 1.807) is 0 Å². The van der Waals surface area contributed by atoms with E-state index in [9.17, 15) is 0 Å². The molecule has 0 bridgehead atoms. The van der Waals surface area contributed by atoms with E-state index >= 15 is 0 Å².